The molecular formula is C12H22N2O4S. The van der Waals surface area contributed by atoms with Crippen LogP contribution in [0.4, 0.5) is 4.79 Å². The Bertz CT molecular complexity index is 451. The summed E-state index contributed by atoms with van der Waals surface area (Å²) in [6.07, 6.45) is 1.15. The van der Waals surface area contributed by atoms with Crippen LogP contribution in [0.3, 0.4) is 0 Å². The maximum Gasteiger partial charge on any atom is 0.407 e. The van der Waals surface area contributed by atoms with E-state index in [0.717, 1.165) is 0 Å². The molecule has 0 aliphatic carbocycles. The normalized spacial score (nSPS) is 23.1. The number of sulfone groups is 1. The van der Waals surface area contributed by atoms with Crippen LogP contribution in [0.25, 0.3) is 0 Å². The van der Waals surface area contributed by atoms with E-state index in [2.05, 4.69) is 10.6 Å². The zero-order valence-electron chi connectivity index (χ0n) is 11.8. The number of nitrogens with one attached hydrogen (secondary N) is 2. The molecule has 1 aliphatic heterocycles. The number of hydrogen-bond acceptors (Lipinski definition) is 5. The Balaban J connectivity index is 2.28. The summed E-state index contributed by atoms with van der Waals surface area (Å²) >= 11 is 0. The number of alkyl carbamates (subject to hydrolysis) is 1. The minimum atomic E-state index is -3.05. The summed E-state index contributed by atoms with van der Waals surface area (Å²) in [4.78, 5) is 11.4. The molecule has 0 fully saturated rings. The molecule has 0 aromatic rings. The lowest BCUT2D eigenvalue weighted by Gasteiger charge is -2.22. The molecule has 7 heteroatoms. The second-order valence-electron chi connectivity index (χ2n) is 5.72. The predicted molar refractivity (Wildman–Crippen MR) is 73.5 cm³/mol. The smallest absolute Gasteiger partial charge is 0.407 e. The Morgan fingerprint density at radius 1 is 1.47 bits per heavy atom. The molecule has 2 atom stereocenters. The van der Waals surface area contributed by atoms with Gasteiger partial charge in [-0.3, -0.25) is 0 Å². The largest absolute Gasteiger partial charge is 0.444 e. The van der Waals surface area contributed by atoms with Gasteiger partial charge in [0.15, 0.2) is 9.84 Å². The third-order valence-electron chi connectivity index (χ3n) is 2.38. The number of hydrogen-bond donors (Lipinski definition) is 2. The predicted octanol–water partition coefficient (Wildman–Crippen LogP) is 0.800. The molecule has 2 unspecified atom stereocenters. The van der Waals surface area contributed by atoms with Crippen molar-refractivity contribution in [3.8, 4) is 0 Å². The van der Waals surface area contributed by atoms with E-state index in [9.17, 15) is 13.2 Å². The highest BCUT2D eigenvalue weighted by molar-refractivity contribution is 7.94. The highest BCUT2D eigenvalue weighted by Crippen LogP contribution is 2.09. The fourth-order valence-electron chi connectivity index (χ4n) is 1.65. The minimum Gasteiger partial charge on any atom is -0.444 e. The fourth-order valence-corrected chi connectivity index (χ4v) is 2.90. The Morgan fingerprint density at radius 2 is 2.11 bits per heavy atom. The zero-order valence-corrected chi connectivity index (χ0v) is 12.6. The average molecular weight is 290 g/mol. The van der Waals surface area contributed by atoms with Crippen LogP contribution in [0.5, 0.6) is 0 Å². The Kier molecular flexibility index (Phi) is 4.98. The van der Waals surface area contributed by atoms with E-state index in [0.29, 0.717) is 6.54 Å². The van der Waals surface area contributed by atoms with Crippen molar-refractivity contribution in [3.05, 3.63) is 11.5 Å². The van der Waals surface area contributed by atoms with E-state index in [-0.39, 0.29) is 17.8 Å². The van der Waals surface area contributed by atoms with Gasteiger partial charge in [-0.05, 0) is 27.7 Å². The lowest BCUT2D eigenvalue weighted by molar-refractivity contribution is 0.0523. The van der Waals surface area contributed by atoms with Crippen LogP contribution in [0.1, 0.15) is 27.7 Å². The topological polar surface area (TPSA) is 84.5 Å². The van der Waals surface area contributed by atoms with Gasteiger partial charge in [0.05, 0.1) is 5.75 Å². The first-order valence-electron chi connectivity index (χ1n) is 6.21. The van der Waals surface area contributed by atoms with Crippen LogP contribution < -0.4 is 10.6 Å². The van der Waals surface area contributed by atoms with Crippen LogP contribution in [0.15, 0.2) is 11.5 Å². The van der Waals surface area contributed by atoms with Gasteiger partial charge >= 0.3 is 6.09 Å². The first-order chi connectivity index (χ1) is 8.57. The standard InChI is InChI=1S/C12H22N2O4S/c1-9(7-13-11(15)18-12(2,3)4)14-10-5-6-19(16,17)8-10/h5-6,9-10,14H,7-8H2,1-4H3,(H,13,15). The second-order valence-corrected chi connectivity index (χ2v) is 7.65. The van der Waals surface area contributed by atoms with Crippen molar-refractivity contribution in [2.24, 2.45) is 0 Å². The Morgan fingerprint density at radius 3 is 2.58 bits per heavy atom. The Labute approximate surface area is 114 Å². The number of amides is 1. The van der Waals surface area contributed by atoms with Crippen LogP contribution >= 0.6 is 0 Å². The molecule has 19 heavy (non-hydrogen) atoms. The molecule has 0 saturated heterocycles. The molecule has 0 aromatic heterocycles. The van der Waals surface area contributed by atoms with E-state index in [1.807, 2.05) is 6.92 Å². The highest BCUT2D eigenvalue weighted by atomic mass is 32.2. The van der Waals surface area contributed by atoms with E-state index in [1.165, 1.54) is 5.41 Å². The van der Waals surface area contributed by atoms with Crippen LogP contribution in [-0.2, 0) is 14.6 Å². The lowest BCUT2D eigenvalue weighted by atomic mass is 10.2. The molecule has 110 valence electrons. The van der Waals surface area contributed by atoms with Crippen molar-refractivity contribution < 1.29 is 17.9 Å². The van der Waals surface area contributed by atoms with E-state index in [1.54, 1.807) is 26.8 Å². The monoisotopic (exact) mass is 290 g/mol. The van der Waals surface area contributed by atoms with Gasteiger partial charge in [-0.1, -0.05) is 6.08 Å². The summed E-state index contributed by atoms with van der Waals surface area (Å²) in [7, 11) is -3.05. The molecule has 1 rings (SSSR count). The van der Waals surface area contributed by atoms with E-state index < -0.39 is 21.5 Å². The van der Waals surface area contributed by atoms with E-state index >= 15 is 0 Å². The second kappa shape index (κ2) is 5.92. The van der Waals surface area contributed by atoms with Gasteiger partial charge < -0.3 is 15.4 Å². The summed E-state index contributed by atoms with van der Waals surface area (Å²) in [5.74, 6) is 0.0732. The van der Waals surface area contributed by atoms with Gasteiger partial charge in [-0.25, -0.2) is 13.2 Å². The molecule has 1 heterocycles. The first kappa shape index (κ1) is 16.0. The summed E-state index contributed by atoms with van der Waals surface area (Å²) in [5, 5.41) is 6.97. The SMILES string of the molecule is CC(CNC(=O)OC(C)(C)C)NC1C=CS(=O)(=O)C1. The van der Waals surface area contributed by atoms with Crippen molar-refractivity contribution in [2.75, 3.05) is 12.3 Å². The van der Waals surface area contributed by atoms with Crippen molar-refractivity contribution >= 4 is 15.9 Å². The number of ether oxygens (including phenoxy) is 1. The van der Waals surface area contributed by atoms with Crippen molar-refractivity contribution in [1.82, 2.24) is 10.6 Å². The van der Waals surface area contributed by atoms with Gasteiger partial charge in [0.2, 0.25) is 0 Å². The van der Waals surface area contributed by atoms with Crippen LogP contribution in [0, 0.1) is 0 Å². The van der Waals surface area contributed by atoms with Crippen molar-refractivity contribution in [2.45, 2.75) is 45.4 Å². The average Bonchev–Trinajstić information content (AvgIpc) is 2.52. The van der Waals surface area contributed by atoms with Crippen LogP contribution in [0.2, 0.25) is 0 Å². The molecule has 0 radical (unpaired) electrons. The molecule has 0 bridgehead atoms. The summed E-state index contributed by atoms with van der Waals surface area (Å²) in [6.45, 7) is 7.63. The first-order valence-corrected chi connectivity index (χ1v) is 7.93. The molecule has 0 aromatic carbocycles. The number of carbonyl (C=O) groups is 1. The van der Waals surface area contributed by atoms with E-state index in [4.69, 9.17) is 4.74 Å². The van der Waals surface area contributed by atoms with Gasteiger partial charge in [0.1, 0.15) is 5.60 Å². The fraction of sp³-hybridized carbons (Fsp3) is 0.750. The summed E-state index contributed by atoms with van der Waals surface area (Å²) in [6, 6.07) is -0.240. The minimum absolute atomic E-state index is 0.0459. The molecule has 2 N–H and O–H groups in total. The Hall–Kier alpha value is -1.08. The summed E-state index contributed by atoms with van der Waals surface area (Å²) in [5.41, 5.74) is -0.525. The lowest BCUT2D eigenvalue weighted by Crippen LogP contribution is -2.45. The third-order valence-corrected chi connectivity index (χ3v) is 3.78. The van der Waals surface area contributed by atoms with Gasteiger partial charge in [0, 0.05) is 24.0 Å². The number of rotatable bonds is 4. The maximum absolute atomic E-state index is 11.4. The van der Waals surface area contributed by atoms with Gasteiger partial charge in [-0.2, -0.15) is 0 Å². The van der Waals surface area contributed by atoms with Crippen LogP contribution in [-0.4, -0.2) is 44.5 Å². The molecule has 6 nitrogen and oxygen atoms in total. The summed E-state index contributed by atoms with van der Waals surface area (Å²) < 4.78 is 27.6. The highest BCUT2D eigenvalue weighted by Gasteiger charge is 2.23. The number of carbonyl (C=O) groups excluding carboxylic acids is 1. The molecule has 0 spiro atoms. The van der Waals surface area contributed by atoms with Gasteiger partial charge in [0.25, 0.3) is 0 Å². The molecular weight excluding hydrogens is 268 g/mol. The van der Waals surface area contributed by atoms with Crippen molar-refractivity contribution in [3.63, 3.8) is 0 Å². The molecule has 1 aliphatic rings. The third kappa shape index (κ3) is 6.58. The van der Waals surface area contributed by atoms with Gasteiger partial charge in [-0.15, -0.1) is 0 Å². The molecule has 1 amide bonds. The molecule has 0 saturated carbocycles. The quantitative estimate of drug-likeness (QED) is 0.800. The zero-order chi connectivity index (χ0) is 14.7. The maximum atomic E-state index is 11.4. The van der Waals surface area contributed by atoms with Crippen molar-refractivity contribution in [1.29, 1.82) is 0 Å².